The Kier molecular flexibility index (Phi) is 8.84. The van der Waals surface area contributed by atoms with Crippen LogP contribution in [0.25, 0.3) is 0 Å². The molecule has 0 atom stereocenters. The van der Waals surface area contributed by atoms with E-state index in [-0.39, 0.29) is 11.8 Å². The van der Waals surface area contributed by atoms with Gasteiger partial charge in [0.1, 0.15) is 12.4 Å². The molecule has 0 saturated carbocycles. The van der Waals surface area contributed by atoms with E-state index in [1.165, 1.54) is 0 Å². The van der Waals surface area contributed by atoms with Crippen LogP contribution in [0.5, 0.6) is 5.75 Å². The van der Waals surface area contributed by atoms with Gasteiger partial charge >= 0.3 is 0 Å². The minimum absolute atomic E-state index is 0.0724. The molecule has 8 heteroatoms. The molecular formula is C23H29N3O5. The van der Waals surface area contributed by atoms with Crippen LogP contribution in [-0.2, 0) is 14.3 Å². The first-order valence-electron chi connectivity index (χ1n) is 10.5. The maximum absolute atomic E-state index is 12.7. The number of carbonyl (C=O) groups excluding carboxylic acids is 2. The molecule has 1 aliphatic rings. The summed E-state index contributed by atoms with van der Waals surface area (Å²) in [6.45, 7) is 6.54. The Morgan fingerprint density at radius 2 is 1.65 bits per heavy atom. The van der Waals surface area contributed by atoms with Crippen LogP contribution in [0.2, 0.25) is 0 Å². The van der Waals surface area contributed by atoms with Crippen molar-refractivity contribution in [3.63, 3.8) is 0 Å². The third kappa shape index (κ3) is 7.36. The fourth-order valence-electron chi connectivity index (χ4n) is 3.13. The SMILES string of the molecule is CCOCCOc1ccccc1C(=O)Nc1ccc(NC(=O)CN2CCOCC2)cc1. The maximum Gasteiger partial charge on any atom is 0.259 e. The number of nitrogens with one attached hydrogen (secondary N) is 2. The summed E-state index contributed by atoms with van der Waals surface area (Å²) in [4.78, 5) is 27.0. The molecule has 0 aliphatic carbocycles. The van der Waals surface area contributed by atoms with Crippen molar-refractivity contribution < 1.29 is 23.8 Å². The van der Waals surface area contributed by atoms with Gasteiger partial charge in [-0.15, -0.1) is 0 Å². The van der Waals surface area contributed by atoms with E-state index >= 15 is 0 Å². The minimum atomic E-state index is -0.267. The van der Waals surface area contributed by atoms with Crippen molar-refractivity contribution in [2.45, 2.75) is 6.92 Å². The number of benzene rings is 2. The first kappa shape index (κ1) is 22.7. The Bertz CT molecular complexity index is 851. The van der Waals surface area contributed by atoms with Gasteiger partial charge in [0.05, 0.1) is 31.9 Å². The Balaban J connectivity index is 1.52. The van der Waals surface area contributed by atoms with E-state index in [1.807, 2.05) is 13.0 Å². The van der Waals surface area contributed by atoms with Crippen LogP contribution in [0.3, 0.4) is 0 Å². The van der Waals surface area contributed by atoms with Crippen molar-refractivity contribution in [2.75, 3.05) is 63.3 Å². The highest BCUT2D eigenvalue weighted by Crippen LogP contribution is 2.21. The average Bonchev–Trinajstić information content (AvgIpc) is 2.79. The fraction of sp³-hybridized carbons (Fsp3) is 0.391. The van der Waals surface area contributed by atoms with E-state index in [9.17, 15) is 9.59 Å². The summed E-state index contributed by atoms with van der Waals surface area (Å²) < 4.78 is 16.2. The van der Waals surface area contributed by atoms with Crippen molar-refractivity contribution in [3.8, 4) is 5.75 Å². The number of amides is 2. The molecule has 31 heavy (non-hydrogen) atoms. The maximum atomic E-state index is 12.7. The van der Waals surface area contributed by atoms with E-state index in [4.69, 9.17) is 14.2 Å². The van der Waals surface area contributed by atoms with Crippen LogP contribution in [0.1, 0.15) is 17.3 Å². The number of hydrogen-bond acceptors (Lipinski definition) is 6. The Morgan fingerprint density at radius 1 is 0.968 bits per heavy atom. The molecule has 2 aromatic carbocycles. The third-order valence-corrected chi connectivity index (χ3v) is 4.72. The lowest BCUT2D eigenvalue weighted by Gasteiger charge is -2.25. The van der Waals surface area contributed by atoms with Crippen LogP contribution in [0.15, 0.2) is 48.5 Å². The zero-order valence-electron chi connectivity index (χ0n) is 17.8. The second-order valence-electron chi connectivity index (χ2n) is 7.01. The number of morpholine rings is 1. The molecule has 0 spiro atoms. The van der Waals surface area contributed by atoms with Crippen LogP contribution >= 0.6 is 0 Å². The van der Waals surface area contributed by atoms with Gasteiger partial charge in [0.15, 0.2) is 0 Å². The number of anilines is 2. The quantitative estimate of drug-likeness (QED) is 0.567. The summed E-state index contributed by atoms with van der Waals surface area (Å²) >= 11 is 0. The zero-order chi connectivity index (χ0) is 21.9. The molecule has 1 aliphatic heterocycles. The van der Waals surface area contributed by atoms with Crippen LogP contribution in [0, 0.1) is 0 Å². The molecule has 2 aromatic rings. The lowest BCUT2D eigenvalue weighted by atomic mass is 10.2. The van der Waals surface area contributed by atoms with Gasteiger partial charge in [-0.2, -0.15) is 0 Å². The highest BCUT2D eigenvalue weighted by atomic mass is 16.5. The second kappa shape index (κ2) is 12.0. The fourth-order valence-corrected chi connectivity index (χ4v) is 3.13. The molecule has 0 bridgehead atoms. The second-order valence-corrected chi connectivity index (χ2v) is 7.01. The first-order chi connectivity index (χ1) is 15.2. The standard InChI is InChI=1S/C23H29N3O5/c1-2-29-15-16-31-21-6-4-3-5-20(21)23(28)25-19-9-7-18(8-10-19)24-22(27)17-26-11-13-30-14-12-26/h3-10H,2,11-17H2,1H3,(H,24,27)(H,25,28). The van der Waals surface area contributed by atoms with Crippen LogP contribution in [-0.4, -0.2) is 69.4 Å². The zero-order valence-corrected chi connectivity index (χ0v) is 17.8. The summed E-state index contributed by atoms with van der Waals surface area (Å²) in [5.74, 6) is 0.166. The molecule has 2 amide bonds. The number of rotatable bonds is 10. The first-order valence-corrected chi connectivity index (χ1v) is 10.5. The van der Waals surface area contributed by atoms with Crippen molar-refractivity contribution in [1.29, 1.82) is 0 Å². The molecular weight excluding hydrogens is 398 g/mol. The number of hydrogen-bond donors (Lipinski definition) is 2. The number of nitrogens with zero attached hydrogens (tertiary/aromatic N) is 1. The summed E-state index contributed by atoms with van der Waals surface area (Å²) in [6, 6.07) is 14.1. The van der Waals surface area contributed by atoms with Gasteiger partial charge in [-0.1, -0.05) is 12.1 Å². The van der Waals surface area contributed by atoms with Crippen molar-refractivity contribution >= 4 is 23.2 Å². The smallest absolute Gasteiger partial charge is 0.259 e. The van der Waals surface area contributed by atoms with Crippen LogP contribution < -0.4 is 15.4 Å². The Labute approximate surface area is 182 Å². The molecule has 0 radical (unpaired) electrons. The number of ether oxygens (including phenoxy) is 3. The van der Waals surface area contributed by atoms with Crippen molar-refractivity contribution in [3.05, 3.63) is 54.1 Å². The van der Waals surface area contributed by atoms with Gasteiger partial charge in [-0.25, -0.2) is 0 Å². The molecule has 3 rings (SSSR count). The molecule has 1 heterocycles. The average molecular weight is 428 g/mol. The topological polar surface area (TPSA) is 89.1 Å². The lowest BCUT2D eigenvalue weighted by Crippen LogP contribution is -2.41. The molecule has 0 aromatic heterocycles. The molecule has 1 fully saturated rings. The summed E-state index contributed by atoms with van der Waals surface area (Å²) in [6.07, 6.45) is 0. The van der Waals surface area contributed by atoms with E-state index in [0.29, 0.717) is 62.3 Å². The van der Waals surface area contributed by atoms with E-state index in [0.717, 1.165) is 13.1 Å². The molecule has 166 valence electrons. The Hall–Kier alpha value is -2.94. The van der Waals surface area contributed by atoms with Gasteiger partial charge in [0.2, 0.25) is 5.91 Å². The van der Waals surface area contributed by atoms with Gasteiger partial charge in [-0.05, 0) is 43.3 Å². The lowest BCUT2D eigenvalue weighted by molar-refractivity contribution is -0.118. The molecule has 1 saturated heterocycles. The molecule has 8 nitrogen and oxygen atoms in total. The van der Waals surface area contributed by atoms with Gasteiger partial charge in [-0.3, -0.25) is 14.5 Å². The minimum Gasteiger partial charge on any atom is -0.490 e. The third-order valence-electron chi connectivity index (χ3n) is 4.72. The number of carbonyl (C=O) groups is 2. The summed E-state index contributed by atoms with van der Waals surface area (Å²) in [7, 11) is 0. The highest BCUT2D eigenvalue weighted by Gasteiger charge is 2.15. The predicted octanol–water partition coefficient (Wildman–Crippen LogP) is 2.62. The van der Waals surface area contributed by atoms with Gasteiger partial charge in [0, 0.05) is 31.1 Å². The number of para-hydroxylation sites is 1. The Morgan fingerprint density at radius 3 is 2.35 bits per heavy atom. The van der Waals surface area contributed by atoms with Gasteiger partial charge < -0.3 is 24.8 Å². The van der Waals surface area contributed by atoms with Gasteiger partial charge in [0.25, 0.3) is 5.91 Å². The molecule has 2 N–H and O–H groups in total. The van der Waals surface area contributed by atoms with E-state index in [2.05, 4.69) is 15.5 Å². The highest BCUT2D eigenvalue weighted by molar-refractivity contribution is 6.06. The monoisotopic (exact) mass is 427 g/mol. The predicted molar refractivity (Wildman–Crippen MR) is 119 cm³/mol. The van der Waals surface area contributed by atoms with E-state index < -0.39 is 0 Å². The van der Waals surface area contributed by atoms with Crippen LogP contribution in [0.4, 0.5) is 11.4 Å². The van der Waals surface area contributed by atoms with Crippen molar-refractivity contribution in [1.82, 2.24) is 4.90 Å². The van der Waals surface area contributed by atoms with E-state index in [1.54, 1.807) is 42.5 Å². The summed E-state index contributed by atoms with van der Waals surface area (Å²) in [5, 5.41) is 5.74. The summed E-state index contributed by atoms with van der Waals surface area (Å²) in [5.41, 5.74) is 1.75. The van der Waals surface area contributed by atoms with Crippen molar-refractivity contribution in [2.24, 2.45) is 0 Å². The molecule has 0 unspecified atom stereocenters. The largest absolute Gasteiger partial charge is 0.490 e. The normalized spacial score (nSPS) is 14.1.